The highest BCUT2D eigenvalue weighted by Crippen LogP contribution is 2.36. The lowest BCUT2D eigenvalue weighted by molar-refractivity contribution is 0.745. The van der Waals surface area contributed by atoms with Crippen LogP contribution in [0.5, 0.6) is 0 Å². The number of nitrogens with zero attached hydrogens (tertiary/aromatic N) is 5. The Balaban J connectivity index is 2.05. The second-order valence-corrected chi connectivity index (χ2v) is 5.44. The number of benzene rings is 1. The van der Waals surface area contributed by atoms with Crippen molar-refractivity contribution in [2.24, 2.45) is 12.1 Å². The van der Waals surface area contributed by atoms with E-state index < -0.39 is 0 Å². The number of hydrogen-bond acceptors (Lipinski definition) is 4. The van der Waals surface area contributed by atoms with Gasteiger partial charge in [0, 0.05) is 23.5 Å². The monoisotopic (exact) mass is 269 g/mol. The molecule has 4 rings (SSSR count). The summed E-state index contributed by atoms with van der Waals surface area (Å²) in [6.45, 7) is 1.91. The molecule has 1 aliphatic heterocycles. The predicted molar refractivity (Wildman–Crippen MR) is 74.8 cm³/mol. The molecule has 2 aromatic heterocycles. The van der Waals surface area contributed by atoms with E-state index in [-0.39, 0.29) is 0 Å². The van der Waals surface area contributed by atoms with Crippen molar-refractivity contribution in [1.29, 1.82) is 0 Å². The topological polar surface area (TPSA) is 48.0 Å². The van der Waals surface area contributed by atoms with Crippen molar-refractivity contribution >= 4 is 28.9 Å². The van der Waals surface area contributed by atoms with Gasteiger partial charge in [0.2, 0.25) is 5.16 Å². The molecule has 6 heteroatoms. The van der Waals surface area contributed by atoms with Crippen molar-refractivity contribution < 1.29 is 0 Å². The highest BCUT2D eigenvalue weighted by molar-refractivity contribution is 7.99. The molecule has 3 aromatic rings. The third kappa shape index (κ3) is 1.40. The van der Waals surface area contributed by atoms with Crippen molar-refractivity contribution in [1.82, 2.24) is 19.4 Å². The molecule has 0 bridgehead atoms. The Kier molecular flexibility index (Phi) is 2.11. The smallest absolute Gasteiger partial charge is 0.218 e. The van der Waals surface area contributed by atoms with Gasteiger partial charge in [-0.3, -0.25) is 0 Å². The van der Waals surface area contributed by atoms with Crippen LogP contribution in [-0.2, 0) is 7.05 Å². The van der Waals surface area contributed by atoms with Gasteiger partial charge in [0.1, 0.15) is 0 Å². The Labute approximate surface area is 113 Å². The fourth-order valence-corrected chi connectivity index (χ4v) is 3.41. The standard InChI is InChI=1S/C13H11N5S/c1-8-15-16-13-18(8)14-7-10-9-5-3-4-6-11(9)17(2)12(10)19-13/h3-7H,1-2H3. The molecule has 0 saturated heterocycles. The molecule has 1 aliphatic rings. The molecule has 19 heavy (non-hydrogen) atoms. The van der Waals surface area contributed by atoms with Crippen LogP contribution in [0.3, 0.4) is 0 Å². The zero-order valence-corrected chi connectivity index (χ0v) is 11.3. The average Bonchev–Trinajstić information content (AvgIpc) is 2.82. The average molecular weight is 269 g/mol. The van der Waals surface area contributed by atoms with Crippen LogP contribution in [0.1, 0.15) is 11.4 Å². The number of hydrogen-bond donors (Lipinski definition) is 0. The Morgan fingerprint density at radius 2 is 2.00 bits per heavy atom. The molecule has 94 valence electrons. The summed E-state index contributed by atoms with van der Waals surface area (Å²) in [6.07, 6.45) is 1.90. The second-order valence-electron chi connectivity index (χ2n) is 4.48. The first-order valence-electron chi connectivity index (χ1n) is 5.97. The highest BCUT2D eigenvalue weighted by atomic mass is 32.2. The summed E-state index contributed by atoms with van der Waals surface area (Å²) >= 11 is 1.60. The highest BCUT2D eigenvalue weighted by Gasteiger charge is 2.20. The van der Waals surface area contributed by atoms with Crippen molar-refractivity contribution in [3.05, 3.63) is 35.7 Å². The van der Waals surface area contributed by atoms with Gasteiger partial charge in [0.05, 0.1) is 11.2 Å². The third-order valence-electron chi connectivity index (χ3n) is 3.35. The lowest BCUT2D eigenvalue weighted by Gasteiger charge is -2.02. The molecule has 1 aromatic carbocycles. The lowest BCUT2D eigenvalue weighted by atomic mass is 10.2. The summed E-state index contributed by atoms with van der Waals surface area (Å²) in [5.74, 6) is 0.802. The van der Waals surface area contributed by atoms with E-state index in [1.165, 1.54) is 10.9 Å². The first-order valence-corrected chi connectivity index (χ1v) is 6.79. The summed E-state index contributed by atoms with van der Waals surface area (Å²) in [4.78, 5) is 0. The molecule has 0 spiro atoms. The molecule has 0 radical (unpaired) electrons. The van der Waals surface area contributed by atoms with E-state index in [9.17, 15) is 0 Å². The first-order chi connectivity index (χ1) is 9.25. The first kappa shape index (κ1) is 10.8. The van der Waals surface area contributed by atoms with Crippen LogP contribution >= 0.6 is 11.8 Å². The van der Waals surface area contributed by atoms with Crippen molar-refractivity contribution in [3.8, 4) is 0 Å². The number of rotatable bonds is 0. The zero-order chi connectivity index (χ0) is 13.0. The summed E-state index contributed by atoms with van der Waals surface area (Å²) in [5, 5.41) is 15.9. The number of aryl methyl sites for hydroxylation is 2. The van der Waals surface area contributed by atoms with E-state index in [4.69, 9.17) is 0 Å². The zero-order valence-electron chi connectivity index (χ0n) is 10.5. The molecule has 0 amide bonds. The van der Waals surface area contributed by atoms with Crippen LogP contribution in [0.15, 0.2) is 39.5 Å². The molecule has 5 nitrogen and oxygen atoms in total. The van der Waals surface area contributed by atoms with E-state index in [0.29, 0.717) is 0 Å². The van der Waals surface area contributed by atoms with Crippen molar-refractivity contribution in [3.63, 3.8) is 0 Å². The van der Waals surface area contributed by atoms with E-state index in [0.717, 1.165) is 21.6 Å². The van der Waals surface area contributed by atoms with Gasteiger partial charge in [0.25, 0.3) is 0 Å². The van der Waals surface area contributed by atoms with E-state index in [2.05, 4.69) is 51.2 Å². The molecule has 0 N–H and O–H groups in total. The predicted octanol–water partition coefficient (Wildman–Crippen LogP) is 2.43. The Hall–Kier alpha value is -2.08. The van der Waals surface area contributed by atoms with E-state index in [1.54, 1.807) is 16.4 Å². The fraction of sp³-hybridized carbons (Fsp3) is 0.154. The van der Waals surface area contributed by atoms with Crippen LogP contribution in [0.2, 0.25) is 0 Å². The third-order valence-corrected chi connectivity index (χ3v) is 4.47. The number of para-hydroxylation sites is 1. The van der Waals surface area contributed by atoms with E-state index in [1.807, 2.05) is 13.1 Å². The molecule has 0 saturated carbocycles. The van der Waals surface area contributed by atoms with Crippen LogP contribution < -0.4 is 0 Å². The van der Waals surface area contributed by atoms with Gasteiger partial charge in [-0.1, -0.05) is 18.2 Å². The molecular formula is C13H11N5S. The minimum absolute atomic E-state index is 0.802. The van der Waals surface area contributed by atoms with Crippen LogP contribution in [0.4, 0.5) is 0 Å². The van der Waals surface area contributed by atoms with Gasteiger partial charge < -0.3 is 4.57 Å². The van der Waals surface area contributed by atoms with E-state index >= 15 is 0 Å². The summed E-state index contributed by atoms with van der Waals surface area (Å²) < 4.78 is 3.96. The van der Waals surface area contributed by atoms with Gasteiger partial charge in [-0.25, -0.2) is 0 Å². The van der Waals surface area contributed by atoms with Crippen LogP contribution in [0, 0.1) is 6.92 Å². The molecule has 0 fully saturated rings. The van der Waals surface area contributed by atoms with Gasteiger partial charge in [-0.2, -0.15) is 9.78 Å². The summed E-state index contributed by atoms with van der Waals surface area (Å²) in [5.41, 5.74) is 2.35. The maximum absolute atomic E-state index is 4.48. The molecule has 3 heterocycles. The quantitative estimate of drug-likeness (QED) is 0.492. The largest absolute Gasteiger partial charge is 0.338 e. The minimum atomic E-state index is 0.802. The summed E-state index contributed by atoms with van der Waals surface area (Å²) in [7, 11) is 2.07. The maximum atomic E-state index is 4.48. The molecule has 0 unspecified atom stereocenters. The van der Waals surface area contributed by atoms with Gasteiger partial charge in [-0.15, -0.1) is 10.2 Å². The lowest BCUT2D eigenvalue weighted by Crippen LogP contribution is -1.93. The minimum Gasteiger partial charge on any atom is -0.338 e. The van der Waals surface area contributed by atoms with Crippen LogP contribution in [-0.4, -0.2) is 25.7 Å². The summed E-state index contributed by atoms with van der Waals surface area (Å²) in [6, 6.07) is 8.35. The molecule has 0 aliphatic carbocycles. The number of fused-ring (bicyclic) bond motifs is 4. The second kappa shape index (κ2) is 3.71. The SMILES string of the molecule is Cc1nnc2n1N=Cc1c(n(C)c3ccccc13)S2. The van der Waals surface area contributed by atoms with Crippen LogP contribution in [0.25, 0.3) is 10.9 Å². The number of aromatic nitrogens is 4. The maximum Gasteiger partial charge on any atom is 0.218 e. The van der Waals surface area contributed by atoms with Gasteiger partial charge >= 0.3 is 0 Å². The van der Waals surface area contributed by atoms with Gasteiger partial charge in [0.15, 0.2) is 5.82 Å². The normalized spacial score (nSPS) is 13.4. The Morgan fingerprint density at radius 1 is 1.16 bits per heavy atom. The molecular weight excluding hydrogens is 258 g/mol. The Morgan fingerprint density at radius 3 is 2.89 bits per heavy atom. The fourth-order valence-electron chi connectivity index (χ4n) is 2.38. The molecule has 0 atom stereocenters. The van der Waals surface area contributed by atoms with Crippen molar-refractivity contribution in [2.75, 3.05) is 0 Å². The van der Waals surface area contributed by atoms with Gasteiger partial charge in [-0.05, 0) is 24.8 Å². The Bertz CT molecular complexity index is 827. The van der Waals surface area contributed by atoms with Crippen molar-refractivity contribution in [2.45, 2.75) is 17.1 Å².